The van der Waals surface area contributed by atoms with Crippen molar-refractivity contribution in [3.63, 3.8) is 0 Å². The summed E-state index contributed by atoms with van der Waals surface area (Å²) in [4.78, 5) is 27.0. The van der Waals surface area contributed by atoms with Gasteiger partial charge in [-0.2, -0.15) is 0 Å². The van der Waals surface area contributed by atoms with Crippen LogP contribution in [0.3, 0.4) is 0 Å². The van der Waals surface area contributed by atoms with Crippen LogP contribution >= 0.6 is 11.3 Å². The molecule has 0 aromatic carbocycles. The molecule has 0 saturated heterocycles. The van der Waals surface area contributed by atoms with Gasteiger partial charge in [-0.15, -0.1) is 11.3 Å². The summed E-state index contributed by atoms with van der Waals surface area (Å²) in [6, 6.07) is -0.920. The third kappa shape index (κ3) is 7.77. The number of nitrogens with zero attached hydrogens (tertiary/aromatic N) is 1. The Hall–Kier alpha value is -1.47. The van der Waals surface area contributed by atoms with Crippen molar-refractivity contribution in [3.05, 3.63) is 16.6 Å². The van der Waals surface area contributed by atoms with Crippen molar-refractivity contribution in [1.82, 2.24) is 10.3 Å². The van der Waals surface area contributed by atoms with E-state index in [2.05, 4.69) is 10.3 Å². The molecule has 2 N–H and O–H groups in total. The first kappa shape index (κ1) is 17.6. The molecule has 1 aromatic heterocycles. The molecule has 0 bridgehead atoms. The second-order valence-corrected chi connectivity index (χ2v) is 6.61. The van der Waals surface area contributed by atoms with Gasteiger partial charge >= 0.3 is 5.97 Å². The number of aromatic nitrogens is 1. The zero-order valence-electron chi connectivity index (χ0n) is 12.6. The van der Waals surface area contributed by atoms with Crippen LogP contribution in [0.5, 0.6) is 0 Å². The molecule has 6 nitrogen and oxygen atoms in total. The zero-order chi connectivity index (χ0) is 15.9. The zero-order valence-corrected chi connectivity index (χ0v) is 13.4. The van der Waals surface area contributed by atoms with Gasteiger partial charge in [-0.05, 0) is 20.8 Å². The highest BCUT2D eigenvalue weighted by atomic mass is 32.1. The van der Waals surface area contributed by atoms with Crippen LogP contribution in [0.25, 0.3) is 0 Å². The molecule has 0 fully saturated rings. The van der Waals surface area contributed by atoms with Crippen LogP contribution in [0.15, 0.2) is 11.6 Å². The Bertz CT molecular complexity index is 454. The molecular weight excluding hydrogens is 292 g/mol. The second-order valence-electron chi connectivity index (χ2n) is 5.63. The second kappa shape index (κ2) is 8.09. The fourth-order valence-corrected chi connectivity index (χ4v) is 2.22. The van der Waals surface area contributed by atoms with Crippen molar-refractivity contribution in [2.75, 3.05) is 6.61 Å². The van der Waals surface area contributed by atoms with Gasteiger partial charge in [-0.1, -0.05) is 0 Å². The molecule has 1 atom stereocenters. The molecule has 1 amide bonds. The predicted molar refractivity (Wildman–Crippen MR) is 80.3 cm³/mol. The number of carboxylic acid groups (broad SMARTS) is 1. The maximum atomic E-state index is 11.8. The Kier molecular flexibility index (Phi) is 6.77. The van der Waals surface area contributed by atoms with E-state index in [0.29, 0.717) is 6.42 Å². The molecule has 1 aromatic rings. The molecule has 0 saturated carbocycles. The summed E-state index contributed by atoms with van der Waals surface area (Å²) in [5, 5.41) is 14.4. The number of hydrogen-bond donors (Lipinski definition) is 2. The Labute approximate surface area is 128 Å². The maximum Gasteiger partial charge on any atom is 0.326 e. The molecule has 0 aliphatic rings. The van der Waals surface area contributed by atoms with Crippen LogP contribution in [-0.4, -0.2) is 40.2 Å². The highest BCUT2D eigenvalue weighted by molar-refractivity contribution is 7.09. The number of nitrogens with one attached hydrogen (secondary N) is 1. The lowest BCUT2D eigenvalue weighted by Gasteiger charge is -2.21. The van der Waals surface area contributed by atoms with Crippen LogP contribution in [-0.2, 0) is 20.7 Å². The largest absolute Gasteiger partial charge is 0.480 e. The monoisotopic (exact) mass is 314 g/mol. The molecule has 1 heterocycles. The van der Waals surface area contributed by atoms with Crippen LogP contribution in [0.1, 0.15) is 38.6 Å². The number of aryl methyl sites for hydroxylation is 1. The first-order valence-electron chi connectivity index (χ1n) is 6.82. The fourth-order valence-electron chi connectivity index (χ4n) is 1.60. The molecule has 1 unspecified atom stereocenters. The van der Waals surface area contributed by atoms with Crippen molar-refractivity contribution in [3.8, 4) is 0 Å². The molecule has 0 aliphatic heterocycles. The Morgan fingerprint density at radius 1 is 1.48 bits per heavy atom. The van der Waals surface area contributed by atoms with Gasteiger partial charge in [-0.25, -0.2) is 9.78 Å². The molecule has 118 valence electrons. The predicted octanol–water partition coefficient (Wildman–Crippen LogP) is 1.85. The van der Waals surface area contributed by atoms with E-state index in [-0.39, 0.29) is 31.0 Å². The molecular formula is C14H22N2O4S. The quantitative estimate of drug-likeness (QED) is 0.764. The maximum absolute atomic E-state index is 11.8. The summed E-state index contributed by atoms with van der Waals surface area (Å²) in [6.45, 7) is 5.98. The standard InChI is InChI=1S/C14H22N2O4S/c1-14(2,3)20-8-6-10(13(18)19)16-11(17)4-5-12-15-7-9-21-12/h7,9-10H,4-6,8H2,1-3H3,(H,16,17)(H,18,19). The minimum Gasteiger partial charge on any atom is -0.480 e. The topological polar surface area (TPSA) is 88.5 Å². The fraction of sp³-hybridized carbons (Fsp3) is 0.643. The average Bonchev–Trinajstić information content (AvgIpc) is 2.86. The van der Waals surface area contributed by atoms with Gasteiger partial charge in [0.25, 0.3) is 0 Å². The highest BCUT2D eigenvalue weighted by Crippen LogP contribution is 2.09. The van der Waals surface area contributed by atoms with Crippen LogP contribution in [0.4, 0.5) is 0 Å². The lowest BCUT2D eigenvalue weighted by atomic mass is 10.1. The van der Waals surface area contributed by atoms with Crippen molar-refractivity contribution >= 4 is 23.2 Å². The SMILES string of the molecule is CC(C)(C)OCCC(NC(=O)CCc1nccs1)C(=O)O. The summed E-state index contributed by atoms with van der Waals surface area (Å²) in [5.74, 6) is -1.33. The third-order valence-corrected chi connectivity index (χ3v) is 3.46. The van der Waals surface area contributed by atoms with E-state index in [9.17, 15) is 9.59 Å². The summed E-state index contributed by atoms with van der Waals surface area (Å²) >= 11 is 1.48. The van der Waals surface area contributed by atoms with E-state index in [1.54, 1.807) is 6.20 Å². The Morgan fingerprint density at radius 3 is 2.71 bits per heavy atom. The van der Waals surface area contributed by atoms with E-state index >= 15 is 0 Å². The molecule has 21 heavy (non-hydrogen) atoms. The first-order valence-corrected chi connectivity index (χ1v) is 7.70. The van der Waals surface area contributed by atoms with Gasteiger partial charge in [0, 0.05) is 37.4 Å². The van der Waals surface area contributed by atoms with Gasteiger partial charge in [0.2, 0.25) is 5.91 Å². The third-order valence-electron chi connectivity index (χ3n) is 2.62. The molecule has 7 heteroatoms. The number of thiazole rings is 1. The number of carbonyl (C=O) groups is 2. The van der Waals surface area contributed by atoms with E-state index in [1.165, 1.54) is 11.3 Å². The van der Waals surface area contributed by atoms with Crippen LogP contribution < -0.4 is 5.32 Å². The number of aliphatic carboxylic acids is 1. The van der Waals surface area contributed by atoms with E-state index < -0.39 is 12.0 Å². The summed E-state index contributed by atoms with van der Waals surface area (Å²) in [6.07, 6.45) is 2.68. The average molecular weight is 314 g/mol. The first-order chi connectivity index (χ1) is 9.78. The minimum atomic E-state index is -1.05. The smallest absolute Gasteiger partial charge is 0.326 e. The van der Waals surface area contributed by atoms with Gasteiger partial charge in [0.05, 0.1) is 10.6 Å². The highest BCUT2D eigenvalue weighted by Gasteiger charge is 2.21. The van der Waals surface area contributed by atoms with E-state index in [0.717, 1.165) is 5.01 Å². The number of hydrogen-bond acceptors (Lipinski definition) is 5. The number of carboxylic acids is 1. The molecule has 1 rings (SSSR count). The Morgan fingerprint density at radius 2 is 2.19 bits per heavy atom. The van der Waals surface area contributed by atoms with Crippen LogP contribution in [0, 0.1) is 0 Å². The van der Waals surface area contributed by atoms with Gasteiger partial charge in [0.15, 0.2) is 0 Å². The lowest BCUT2D eigenvalue weighted by Crippen LogP contribution is -2.42. The lowest BCUT2D eigenvalue weighted by molar-refractivity contribution is -0.142. The molecule has 0 aliphatic carbocycles. The molecule has 0 radical (unpaired) electrons. The van der Waals surface area contributed by atoms with Gasteiger partial charge < -0.3 is 15.2 Å². The van der Waals surface area contributed by atoms with Crippen molar-refractivity contribution in [1.29, 1.82) is 0 Å². The number of amides is 1. The summed E-state index contributed by atoms with van der Waals surface area (Å²) < 4.78 is 5.49. The van der Waals surface area contributed by atoms with E-state index in [1.807, 2.05) is 26.2 Å². The number of rotatable bonds is 8. The number of carbonyl (C=O) groups excluding carboxylic acids is 1. The summed E-state index contributed by atoms with van der Waals surface area (Å²) in [5.41, 5.74) is -0.322. The van der Waals surface area contributed by atoms with Crippen molar-refractivity contribution < 1.29 is 19.4 Å². The van der Waals surface area contributed by atoms with Gasteiger partial charge in [-0.3, -0.25) is 4.79 Å². The van der Waals surface area contributed by atoms with Crippen molar-refractivity contribution in [2.45, 2.75) is 51.7 Å². The summed E-state index contributed by atoms with van der Waals surface area (Å²) in [7, 11) is 0. The Balaban J connectivity index is 2.35. The normalized spacial score (nSPS) is 12.9. The number of ether oxygens (including phenoxy) is 1. The van der Waals surface area contributed by atoms with E-state index in [4.69, 9.17) is 9.84 Å². The minimum absolute atomic E-state index is 0.234. The molecule has 0 spiro atoms. The van der Waals surface area contributed by atoms with Gasteiger partial charge in [0.1, 0.15) is 6.04 Å². The van der Waals surface area contributed by atoms with Crippen LogP contribution in [0.2, 0.25) is 0 Å². The van der Waals surface area contributed by atoms with Crippen molar-refractivity contribution in [2.24, 2.45) is 0 Å².